The molecule has 1 unspecified atom stereocenters. The Kier molecular flexibility index (Phi) is 8.02. The molecule has 2 aliphatic rings. The summed E-state index contributed by atoms with van der Waals surface area (Å²) in [5.74, 6) is -0.326. The Morgan fingerprint density at radius 2 is 1.98 bits per heavy atom. The van der Waals surface area contributed by atoms with Crippen LogP contribution in [0.5, 0.6) is 0 Å². The van der Waals surface area contributed by atoms with E-state index in [2.05, 4.69) is 63.5 Å². The number of aryl methyl sites for hydroxylation is 1. The van der Waals surface area contributed by atoms with Crippen molar-refractivity contribution in [3.63, 3.8) is 0 Å². The second-order valence-electron chi connectivity index (χ2n) is 10.8. The van der Waals surface area contributed by atoms with Crippen molar-refractivity contribution in [2.24, 2.45) is 0 Å². The molecule has 1 amide bonds. The monoisotopic (exact) mass is 552 g/mol. The summed E-state index contributed by atoms with van der Waals surface area (Å²) in [6.45, 7) is 4.01. The fourth-order valence-corrected chi connectivity index (χ4v) is 6.09. The number of rotatable bonds is 9. The molecule has 212 valence electrons. The number of aromatic nitrogens is 2. The highest BCUT2D eigenvalue weighted by atomic mass is 16.5. The lowest BCUT2D eigenvalue weighted by atomic mass is 10.0. The molecule has 3 heterocycles. The zero-order valence-corrected chi connectivity index (χ0v) is 23.4. The van der Waals surface area contributed by atoms with Gasteiger partial charge in [-0.25, -0.2) is 4.79 Å². The van der Waals surface area contributed by atoms with Crippen LogP contribution in [-0.4, -0.2) is 71.6 Å². The van der Waals surface area contributed by atoms with E-state index in [9.17, 15) is 9.59 Å². The normalized spacial score (nSPS) is 17.0. The number of para-hydroxylation sites is 1. The Bertz CT molecular complexity index is 1560. The van der Waals surface area contributed by atoms with Crippen molar-refractivity contribution in [2.45, 2.75) is 31.8 Å². The Morgan fingerprint density at radius 1 is 1.12 bits per heavy atom. The molecule has 4 aromatic rings. The molecule has 1 aliphatic heterocycles. The van der Waals surface area contributed by atoms with Crippen LogP contribution in [0.25, 0.3) is 17.0 Å². The van der Waals surface area contributed by atoms with Crippen LogP contribution < -0.4 is 0 Å². The van der Waals surface area contributed by atoms with Gasteiger partial charge in [0.05, 0.1) is 20.3 Å². The van der Waals surface area contributed by atoms with E-state index in [1.807, 2.05) is 17.0 Å². The molecule has 8 heteroatoms. The number of benzene rings is 2. The average molecular weight is 553 g/mol. The lowest BCUT2D eigenvalue weighted by Crippen LogP contribution is -2.40. The highest BCUT2D eigenvalue weighted by molar-refractivity contribution is 5.92. The molecule has 6 rings (SSSR count). The predicted octanol–water partition coefficient (Wildman–Crippen LogP) is 4.89. The van der Waals surface area contributed by atoms with E-state index in [-0.39, 0.29) is 17.9 Å². The number of H-pyrrole nitrogens is 2. The summed E-state index contributed by atoms with van der Waals surface area (Å²) >= 11 is 0. The Balaban J connectivity index is 1.23. The summed E-state index contributed by atoms with van der Waals surface area (Å²) in [5, 5.41) is 1.26. The number of nitrogens with zero attached hydrogens (tertiary/aromatic N) is 2. The smallest absolute Gasteiger partial charge is 0.330 e. The van der Waals surface area contributed by atoms with Gasteiger partial charge in [0.25, 0.3) is 5.91 Å². The molecular formula is C33H36N4O4. The summed E-state index contributed by atoms with van der Waals surface area (Å²) < 4.78 is 10.2. The molecule has 2 N–H and O–H groups in total. The van der Waals surface area contributed by atoms with E-state index >= 15 is 0 Å². The van der Waals surface area contributed by atoms with Gasteiger partial charge in [-0.2, -0.15) is 0 Å². The highest BCUT2D eigenvalue weighted by Crippen LogP contribution is 2.37. The van der Waals surface area contributed by atoms with Gasteiger partial charge in [0.2, 0.25) is 0 Å². The zero-order chi connectivity index (χ0) is 28.2. The van der Waals surface area contributed by atoms with Crippen molar-refractivity contribution in [3.8, 4) is 0 Å². The van der Waals surface area contributed by atoms with Crippen LogP contribution in [0.4, 0.5) is 0 Å². The summed E-state index contributed by atoms with van der Waals surface area (Å²) in [7, 11) is 1.39. The van der Waals surface area contributed by atoms with Crippen LogP contribution in [0.3, 0.4) is 0 Å². The van der Waals surface area contributed by atoms with Crippen LogP contribution in [0.15, 0.2) is 66.9 Å². The zero-order valence-electron chi connectivity index (χ0n) is 23.4. The number of hydrogen-bond acceptors (Lipinski definition) is 5. The minimum atomic E-state index is -0.357. The van der Waals surface area contributed by atoms with Gasteiger partial charge < -0.3 is 24.3 Å². The fraction of sp³-hybridized carbons (Fsp3) is 0.333. The van der Waals surface area contributed by atoms with E-state index in [4.69, 9.17) is 9.47 Å². The number of nitrogens with one attached hydrogen (secondary N) is 2. The maximum Gasteiger partial charge on any atom is 0.330 e. The van der Waals surface area contributed by atoms with Crippen LogP contribution in [-0.2, 0) is 33.7 Å². The van der Waals surface area contributed by atoms with Gasteiger partial charge in [-0.15, -0.1) is 0 Å². The van der Waals surface area contributed by atoms with Gasteiger partial charge in [0.15, 0.2) is 0 Å². The van der Waals surface area contributed by atoms with E-state index in [0.717, 1.165) is 42.6 Å². The lowest BCUT2D eigenvalue weighted by molar-refractivity contribution is -0.134. The third kappa shape index (κ3) is 5.99. The first-order chi connectivity index (χ1) is 20.1. The molecular weight excluding hydrogens is 516 g/mol. The minimum Gasteiger partial charge on any atom is -0.466 e. The van der Waals surface area contributed by atoms with Crippen LogP contribution >= 0.6 is 0 Å². The van der Waals surface area contributed by atoms with Crippen LogP contribution in [0.1, 0.15) is 50.9 Å². The molecule has 8 nitrogen and oxygen atoms in total. The summed E-state index contributed by atoms with van der Waals surface area (Å²) in [4.78, 5) is 35.8. The third-order valence-corrected chi connectivity index (χ3v) is 8.26. The second-order valence-corrected chi connectivity index (χ2v) is 10.8. The highest BCUT2D eigenvalue weighted by Gasteiger charge is 2.29. The number of morpholine rings is 1. The Hall–Kier alpha value is -4.14. The van der Waals surface area contributed by atoms with Gasteiger partial charge in [0.1, 0.15) is 5.69 Å². The largest absolute Gasteiger partial charge is 0.466 e. The molecule has 41 heavy (non-hydrogen) atoms. The van der Waals surface area contributed by atoms with Crippen LogP contribution in [0.2, 0.25) is 0 Å². The number of hydrogen-bond donors (Lipinski definition) is 2. The summed E-state index contributed by atoms with van der Waals surface area (Å²) in [5.41, 5.74) is 7.77. The number of fused-ring (bicyclic) bond motifs is 2. The van der Waals surface area contributed by atoms with Crippen molar-refractivity contribution in [1.29, 1.82) is 0 Å². The average Bonchev–Trinajstić information content (AvgIpc) is 3.76. The van der Waals surface area contributed by atoms with Gasteiger partial charge in [-0.05, 0) is 65.8 Å². The molecule has 2 aromatic heterocycles. The molecule has 1 fully saturated rings. The maximum absolute atomic E-state index is 13.1. The third-order valence-electron chi connectivity index (χ3n) is 8.26. The standard InChI is InChI=1S/C33H36N4O4/c1-40-32(38)13-7-23-6-10-28-24(20-23)8-12-31(28)37(15-14-25-21-34-29-5-3-2-4-27(25)29)22-26-9-11-30(35-26)33(39)36-16-18-41-19-17-36/h2-7,9-11,13,20-21,31,34-35H,8,12,14-19,22H2,1H3/b13-7+. The fourth-order valence-electron chi connectivity index (χ4n) is 6.09. The molecule has 2 aromatic carbocycles. The number of carbonyl (C=O) groups is 2. The molecule has 1 aliphatic carbocycles. The van der Waals surface area contributed by atoms with E-state index < -0.39 is 0 Å². The van der Waals surface area contributed by atoms with Crippen molar-refractivity contribution >= 4 is 28.9 Å². The quantitative estimate of drug-likeness (QED) is 0.228. The Morgan fingerprint density at radius 3 is 2.83 bits per heavy atom. The van der Waals surface area contributed by atoms with Crippen molar-refractivity contribution in [1.82, 2.24) is 19.8 Å². The van der Waals surface area contributed by atoms with Crippen LogP contribution in [0, 0.1) is 0 Å². The first-order valence-electron chi connectivity index (χ1n) is 14.3. The number of aromatic amines is 2. The topological polar surface area (TPSA) is 90.7 Å². The molecule has 0 spiro atoms. The molecule has 0 radical (unpaired) electrons. The van der Waals surface area contributed by atoms with Crippen molar-refractivity contribution in [2.75, 3.05) is 40.0 Å². The molecule has 1 atom stereocenters. The van der Waals surface area contributed by atoms with Gasteiger partial charge in [-0.1, -0.05) is 36.4 Å². The summed E-state index contributed by atoms with van der Waals surface area (Å²) in [6, 6.07) is 19.1. The molecule has 0 saturated carbocycles. The Labute approximate surface area is 239 Å². The molecule has 0 bridgehead atoms. The van der Waals surface area contributed by atoms with E-state index in [1.165, 1.54) is 35.3 Å². The predicted molar refractivity (Wildman–Crippen MR) is 158 cm³/mol. The molecule has 1 saturated heterocycles. The van der Waals surface area contributed by atoms with Gasteiger partial charge >= 0.3 is 5.97 Å². The first-order valence-corrected chi connectivity index (χ1v) is 14.3. The van der Waals surface area contributed by atoms with E-state index in [0.29, 0.717) is 38.5 Å². The second kappa shape index (κ2) is 12.2. The minimum absolute atomic E-state index is 0.0312. The number of methoxy groups -OCH3 is 1. The lowest BCUT2D eigenvalue weighted by Gasteiger charge is -2.29. The van der Waals surface area contributed by atoms with E-state index in [1.54, 1.807) is 6.08 Å². The van der Waals surface area contributed by atoms with Gasteiger partial charge in [-0.3, -0.25) is 9.69 Å². The number of amides is 1. The number of esters is 1. The van der Waals surface area contributed by atoms with Crippen molar-refractivity contribution < 1.29 is 19.1 Å². The van der Waals surface area contributed by atoms with Crippen molar-refractivity contribution in [3.05, 3.63) is 101 Å². The number of carbonyl (C=O) groups excluding carboxylic acids is 2. The SMILES string of the molecule is COC(=O)/C=C/c1ccc2c(c1)CCC2N(CCc1c[nH]c2ccccc12)Cc1ccc(C(=O)N2CCOCC2)[nH]1. The maximum atomic E-state index is 13.1. The summed E-state index contributed by atoms with van der Waals surface area (Å²) in [6.07, 6.45) is 8.31. The number of ether oxygens (including phenoxy) is 2. The van der Waals surface area contributed by atoms with Gasteiger partial charge in [0, 0.05) is 61.1 Å². The first kappa shape index (κ1) is 27.1.